The van der Waals surface area contributed by atoms with Gasteiger partial charge in [-0.2, -0.15) is 5.26 Å². The van der Waals surface area contributed by atoms with Crippen LogP contribution in [-0.4, -0.2) is 40.2 Å². The minimum absolute atomic E-state index is 0.0890. The zero-order chi connectivity index (χ0) is 17.9. The molecule has 0 aliphatic carbocycles. The van der Waals surface area contributed by atoms with Gasteiger partial charge in [-0.3, -0.25) is 4.79 Å². The maximum atomic E-state index is 12.6. The van der Waals surface area contributed by atoms with Crippen molar-refractivity contribution in [2.45, 2.75) is 40.7 Å². The van der Waals surface area contributed by atoms with E-state index in [4.69, 9.17) is 0 Å². The van der Waals surface area contributed by atoms with Crippen LogP contribution >= 0.6 is 0 Å². The summed E-state index contributed by atoms with van der Waals surface area (Å²) in [6, 6.07) is 4.09. The molecule has 0 aromatic carbocycles. The molecule has 1 unspecified atom stereocenters. The van der Waals surface area contributed by atoms with Gasteiger partial charge in [-0.05, 0) is 43.9 Å². The van der Waals surface area contributed by atoms with Crippen molar-refractivity contribution >= 4 is 12.0 Å². The van der Waals surface area contributed by atoms with Crippen LogP contribution < -0.4 is 0 Å². The molecule has 1 aliphatic rings. The van der Waals surface area contributed by atoms with E-state index in [0.717, 1.165) is 29.9 Å². The van der Waals surface area contributed by atoms with Crippen LogP contribution in [0.4, 0.5) is 0 Å². The van der Waals surface area contributed by atoms with Gasteiger partial charge >= 0.3 is 0 Å². The summed E-state index contributed by atoms with van der Waals surface area (Å²) in [5.74, 6) is 0.427. The number of hydrogen-bond donors (Lipinski definition) is 1. The van der Waals surface area contributed by atoms with Crippen molar-refractivity contribution in [3.05, 3.63) is 28.6 Å². The summed E-state index contributed by atoms with van der Waals surface area (Å²) >= 11 is 0. The van der Waals surface area contributed by atoms with Crippen molar-refractivity contribution in [3.63, 3.8) is 0 Å². The lowest BCUT2D eigenvalue weighted by atomic mass is 10.1. The topological polar surface area (TPSA) is 69.3 Å². The quantitative estimate of drug-likeness (QED) is 0.666. The van der Waals surface area contributed by atoms with Crippen molar-refractivity contribution in [3.8, 4) is 6.07 Å². The molecule has 1 amide bonds. The molecule has 0 bridgehead atoms. The highest BCUT2D eigenvalue weighted by Crippen LogP contribution is 2.22. The van der Waals surface area contributed by atoms with Gasteiger partial charge in [0, 0.05) is 43.5 Å². The van der Waals surface area contributed by atoms with E-state index in [1.807, 2.05) is 19.9 Å². The number of aliphatic hydroxyl groups excluding tert-OH is 1. The second kappa shape index (κ2) is 7.67. The lowest BCUT2D eigenvalue weighted by molar-refractivity contribution is -0.125. The van der Waals surface area contributed by atoms with Gasteiger partial charge in [0.05, 0.1) is 0 Å². The van der Waals surface area contributed by atoms with Crippen LogP contribution in [0.2, 0.25) is 0 Å². The van der Waals surface area contributed by atoms with E-state index in [0.29, 0.717) is 19.0 Å². The summed E-state index contributed by atoms with van der Waals surface area (Å²) in [5, 5.41) is 18.6. The van der Waals surface area contributed by atoms with Gasteiger partial charge < -0.3 is 14.6 Å². The first kappa shape index (κ1) is 18.3. The Kier molecular flexibility index (Phi) is 5.84. The monoisotopic (exact) mass is 329 g/mol. The van der Waals surface area contributed by atoms with E-state index in [-0.39, 0.29) is 24.0 Å². The van der Waals surface area contributed by atoms with Gasteiger partial charge in [-0.15, -0.1) is 0 Å². The van der Waals surface area contributed by atoms with E-state index in [9.17, 15) is 15.2 Å². The van der Waals surface area contributed by atoms with E-state index in [2.05, 4.69) is 24.5 Å². The number of aryl methyl sites for hydroxylation is 1. The van der Waals surface area contributed by atoms with Gasteiger partial charge in [0.1, 0.15) is 11.6 Å². The molecule has 2 heterocycles. The molecule has 1 aromatic heterocycles. The number of carbonyl (C=O) groups is 1. The maximum Gasteiger partial charge on any atom is 0.264 e. The predicted octanol–water partition coefficient (Wildman–Crippen LogP) is 2.51. The van der Waals surface area contributed by atoms with E-state index >= 15 is 0 Å². The molecule has 0 radical (unpaired) electrons. The molecule has 24 heavy (non-hydrogen) atoms. The lowest BCUT2D eigenvalue weighted by Gasteiger charge is -2.15. The Morgan fingerprint density at radius 1 is 1.50 bits per heavy atom. The van der Waals surface area contributed by atoms with Crippen molar-refractivity contribution in [1.82, 2.24) is 9.47 Å². The molecule has 5 heteroatoms. The summed E-state index contributed by atoms with van der Waals surface area (Å²) in [4.78, 5) is 14.2. The van der Waals surface area contributed by atoms with Gasteiger partial charge in [-0.1, -0.05) is 13.8 Å². The Hall–Kier alpha value is -2.06. The fourth-order valence-corrected chi connectivity index (χ4v) is 3.25. The minimum atomic E-state index is -0.234. The number of amides is 1. The van der Waals surface area contributed by atoms with Crippen LogP contribution in [0.15, 0.2) is 11.6 Å². The smallest absolute Gasteiger partial charge is 0.264 e. The number of likely N-dealkylation sites (tertiary alicyclic amines) is 1. The molecule has 1 fully saturated rings. The molecule has 1 N–H and O–H groups in total. The molecule has 130 valence electrons. The molecule has 5 nitrogen and oxygen atoms in total. The first-order valence-electron chi connectivity index (χ1n) is 8.56. The fraction of sp³-hybridized carbons (Fsp3) is 0.579. The third-order valence-corrected chi connectivity index (χ3v) is 4.64. The van der Waals surface area contributed by atoms with Gasteiger partial charge in [0.2, 0.25) is 0 Å². The van der Waals surface area contributed by atoms with Crippen molar-refractivity contribution in [2.24, 2.45) is 11.8 Å². The molecular formula is C19H27N3O2. The number of hydrogen-bond acceptors (Lipinski definition) is 3. The summed E-state index contributed by atoms with van der Waals surface area (Å²) < 4.78 is 2.23. The molecule has 1 aromatic rings. The average Bonchev–Trinajstić information content (AvgIpc) is 3.12. The zero-order valence-corrected chi connectivity index (χ0v) is 15.0. The SMILES string of the molecule is Cc1cc(/C=C(/C#N)C(=O)N2CCC(CO)C2)c(C)n1CC(C)C. The third kappa shape index (κ3) is 3.88. The van der Waals surface area contributed by atoms with E-state index in [1.165, 1.54) is 0 Å². The maximum absolute atomic E-state index is 12.6. The predicted molar refractivity (Wildman–Crippen MR) is 94.1 cm³/mol. The number of carbonyl (C=O) groups excluding carboxylic acids is 1. The Morgan fingerprint density at radius 2 is 2.21 bits per heavy atom. The summed E-state index contributed by atoms with van der Waals surface area (Å²) in [6.45, 7) is 10.6. The Balaban J connectivity index is 2.25. The number of aromatic nitrogens is 1. The molecule has 1 aliphatic heterocycles. The standard InChI is InChI=1S/C19H27N3O2/c1-13(2)10-22-14(3)7-17(15(22)4)8-18(9-20)19(24)21-6-5-16(11-21)12-23/h7-8,13,16,23H,5-6,10-12H2,1-4H3/b18-8-. The van der Waals surface area contributed by atoms with E-state index < -0.39 is 0 Å². The van der Waals surface area contributed by atoms with Crippen molar-refractivity contribution < 1.29 is 9.90 Å². The molecule has 0 saturated carbocycles. The highest BCUT2D eigenvalue weighted by molar-refractivity contribution is 6.02. The molecule has 2 rings (SSSR count). The molecular weight excluding hydrogens is 302 g/mol. The van der Waals surface area contributed by atoms with E-state index in [1.54, 1.807) is 11.0 Å². The van der Waals surface area contributed by atoms with Gasteiger partial charge in [-0.25, -0.2) is 0 Å². The molecule has 1 saturated heterocycles. The van der Waals surface area contributed by atoms with Gasteiger partial charge in [0.25, 0.3) is 5.91 Å². The number of rotatable bonds is 5. The second-order valence-electron chi connectivity index (χ2n) is 7.09. The number of nitriles is 1. The summed E-state index contributed by atoms with van der Waals surface area (Å²) in [6.07, 6.45) is 2.50. The van der Waals surface area contributed by atoms with Crippen LogP contribution in [0.5, 0.6) is 0 Å². The van der Waals surface area contributed by atoms with Crippen LogP contribution in [0, 0.1) is 37.0 Å². The third-order valence-electron chi connectivity index (χ3n) is 4.64. The Bertz CT molecular complexity index is 680. The first-order chi connectivity index (χ1) is 11.4. The average molecular weight is 329 g/mol. The second-order valence-corrected chi connectivity index (χ2v) is 7.09. The van der Waals surface area contributed by atoms with Crippen molar-refractivity contribution in [1.29, 1.82) is 5.26 Å². The highest BCUT2D eigenvalue weighted by atomic mass is 16.3. The Labute approximate surface area is 144 Å². The van der Waals surface area contributed by atoms with Gasteiger partial charge in [0.15, 0.2) is 0 Å². The number of aliphatic hydroxyl groups is 1. The Morgan fingerprint density at radius 3 is 2.75 bits per heavy atom. The van der Waals surface area contributed by atoms with Crippen molar-refractivity contribution in [2.75, 3.05) is 19.7 Å². The van der Waals surface area contributed by atoms with Crippen LogP contribution in [0.3, 0.4) is 0 Å². The normalized spacial score (nSPS) is 18.3. The lowest BCUT2D eigenvalue weighted by Crippen LogP contribution is -2.30. The first-order valence-corrected chi connectivity index (χ1v) is 8.56. The minimum Gasteiger partial charge on any atom is -0.396 e. The number of nitrogens with zero attached hydrogens (tertiary/aromatic N) is 3. The summed E-state index contributed by atoms with van der Waals surface area (Å²) in [5.41, 5.74) is 3.31. The zero-order valence-electron chi connectivity index (χ0n) is 15.0. The fourth-order valence-electron chi connectivity index (χ4n) is 3.25. The largest absolute Gasteiger partial charge is 0.396 e. The summed E-state index contributed by atoms with van der Waals surface area (Å²) in [7, 11) is 0. The van der Waals surface area contributed by atoms with Crippen LogP contribution in [0.25, 0.3) is 6.08 Å². The van der Waals surface area contributed by atoms with Crippen LogP contribution in [-0.2, 0) is 11.3 Å². The molecule has 1 atom stereocenters. The van der Waals surface area contributed by atoms with Crippen LogP contribution in [0.1, 0.15) is 37.2 Å². The highest BCUT2D eigenvalue weighted by Gasteiger charge is 2.27. The molecule has 0 spiro atoms.